The largest absolute Gasteiger partial charge is 0.516 e. The number of carbonyl (C=O) groups excluding carboxylic acids is 2. The number of rotatable bonds is 3. The van der Waals surface area contributed by atoms with Gasteiger partial charge in [-0.1, -0.05) is 12.2 Å². The number of alkyl halides is 3. The smallest absolute Gasteiger partial charge is 0.299 e. The van der Waals surface area contributed by atoms with Crippen LogP contribution in [0.2, 0.25) is 0 Å². The van der Waals surface area contributed by atoms with Gasteiger partial charge in [0.25, 0.3) is 0 Å². The number of fused-ring (bicyclic) bond motifs is 1. The summed E-state index contributed by atoms with van der Waals surface area (Å²) >= 11 is 0. The molecule has 3 aliphatic carbocycles. The maximum atomic E-state index is 13.2. The molecular weight excluding hydrogens is 347 g/mol. The average molecular weight is 363 g/mol. The quantitative estimate of drug-likeness (QED) is 0.721. The summed E-state index contributed by atoms with van der Waals surface area (Å²) in [5, 5.41) is 0. The van der Waals surface area contributed by atoms with E-state index in [4.69, 9.17) is 0 Å². The van der Waals surface area contributed by atoms with Gasteiger partial charge in [0, 0.05) is 6.92 Å². The van der Waals surface area contributed by atoms with Gasteiger partial charge in [-0.3, -0.25) is 13.9 Å². The molecule has 0 N–H and O–H groups in total. The number of hydrogen-bond acceptors (Lipinski definition) is 4. The minimum absolute atomic E-state index is 0.164. The van der Waals surface area contributed by atoms with E-state index < -0.39 is 56.1 Å². The molecule has 9 heteroatoms. The zero-order valence-corrected chi connectivity index (χ0v) is 13.8. The first-order chi connectivity index (χ1) is 10.9. The predicted octanol–water partition coefficient (Wildman–Crippen LogP) is 2.16. The third kappa shape index (κ3) is 1.96. The number of nitrogens with zero attached hydrogens (tertiary/aromatic N) is 1. The van der Waals surface area contributed by atoms with E-state index in [1.165, 1.54) is 6.92 Å². The normalized spacial score (nSPS) is 35.0. The summed E-state index contributed by atoms with van der Waals surface area (Å²) in [7, 11) is -5.78. The van der Waals surface area contributed by atoms with E-state index in [9.17, 15) is 31.2 Å². The first-order valence-electron chi connectivity index (χ1n) is 7.48. The van der Waals surface area contributed by atoms with Crippen molar-refractivity contribution in [3.63, 3.8) is 0 Å². The molecule has 132 valence electrons. The number of ketones is 2. The van der Waals surface area contributed by atoms with Crippen molar-refractivity contribution in [1.29, 1.82) is 0 Å². The molecular formula is C15H16F3NO4S. The van der Waals surface area contributed by atoms with Crippen molar-refractivity contribution in [1.82, 2.24) is 4.31 Å². The highest BCUT2D eigenvalue weighted by Gasteiger charge is 2.66. The molecule has 0 aromatic carbocycles. The van der Waals surface area contributed by atoms with E-state index in [2.05, 4.69) is 0 Å². The lowest BCUT2D eigenvalue weighted by Gasteiger charge is -2.51. The fourth-order valence-corrected chi connectivity index (χ4v) is 5.59. The van der Waals surface area contributed by atoms with Crippen molar-refractivity contribution in [2.75, 3.05) is 0 Å². The number of hydrogen-bond donors (Lipinski definition) is 0. The molecule has 1 saturated carbocycles. The molecule has 0 unspecified atom stereocenters. The Labute approximate surface area is 137 Å². The molecule has 1 heterocycles. The second kappa shape index (κ2) is 4.93. The molecule has 5 nitrogen and oxygen atoms in total. The number of Topliss-reactive ketones (excluding diaryl/α,β-unsaturated/α-hetero) is 2. The van der Waals surface area contributed by atoms with E-state index in [0.717, 1.165) is 13.0 Å². The van der Waals surface area contributed by atoms with Gasteiger partial charge in [-0.05, 0) is 37.7 Å². The molecule has 0 aromatic heterocycles. The highest BCUT2D eigenvalue weighted by molar-refractivity contribution is 7.90. The van der Waals surface area contributed by atoms with E-state index in [0.29, 0.717) is 12.8 Å². The highest BCUT2D eigenvalue weighted by atomic mass is 32.2. The van der Waals surface area contributed by atoms with Crippen LogP contribution in [0.25, 0.3) is 0 Å². The van der Waals surface area contributed by atoms with Gasteiger partial charge in [0.1, 0.15) is 5.78 Å². The number of allylic oxidation sites excluding steroid dienone is 2. The van der Waals surface area contributed by atoms with Crippen LogP contribution in [0.1, 0.15) is 26.7 Å². The van der Waals surface area contributed by atoms with Gasteiger partial charge in [-0.15, -0.1) is 0 Å². The third-order valence-corrected chi connectivity index (χ3v) is 6.82. The monoisotopic (exact) mass is 363 g/mol. The van der Waals surface area contributed by atoms with Crippen LogP contribution in [-0.2, 0) is 19.6 Å². The zero-order chi connectivity index (χ0) is 18.1. The SMILES string of the molecule is CC(=O)C1=C[C@@]2(C(C)=O)[C@@H]3C=C[C@@H](CC3)[C@H]2N1S(=O)(=O)C(F)(F)F. The molecule has 0 amide bonds. The number of sulfonamides is 1. The van der Waals surface area contributed by atoms with Gasteiger partial charge in [0.05, 0.1) is 17.2 Å². The Hall–Kier alpha value is -1.64. The molecule has 1 fully saturated rings. The molecule has 0 spiro atoms. The standard InChI is InChI=1S/C15H16F3NO4S/c1-8(20)12-7-14(9(2)21)11-5-3-10(4-6-11)13(14)19(12)24(22,23)15(16,17)18/h3,5,7,10-11,13H,4,6H2,1-2H3/t10-,11+,13+,14+/m0/s1. The van der Waals surface area contributed by atoms with Crippen LogP contribution in [-0.4, -0.2) is 35.8 Å². The third-order valence-electron chi connectivity index (χ3n) is 5.30. The van der Waals surface area contributed by atoms with Crippen LogP contribution < -0.4 is 0 Å². The Balaban J connectivity index is 2.28. The Morgan fingerprint density at radius 1 is 1.21 bits per heavy atom. The van der Waals surface area contributed by atoms with Crippen LogP contribution >= 0.6 is 0 Å². The number of halogens is 3. The van der Waals surface area contributed by atoms with E-state index >= 15 is 0 Å². The Morgan fingerprint density at radius 3 is 2.25 bits per heavy atom. The van der Waals surface area contributed by atoms with Crippen molar-refractivity contribution in [2.24, 2.45) is 17.3 Å². The van der Waals surface area contributed by atoms with Crippen LogP contribution in [0.4, 0.5) is 13.2 Å². The van der Waals surface area contributed by atoms with Crippen molar-refractivity contribution >= 4 is 21.6 Å². The highest BCUT2D eigenvalue weighted by Crippen LogP contribution is 2.58. The lowest BCUT2D eigenvalue weighted by atomic mass is 9.55. The fraction of sp³-hybridized carbons (Fsp3) is 0.600. The molecule has 0 aromatic rings. The van der Waals surface area contributed by atoms with Gasteiger partial charge in [-0.25, -0.2) is 0 Å². The maximum Gasteiger partial charge on any atom is 0.516 e. The second-order valence-electron chi connectivity index (χ2n) is 6.50. The summed E-state index contributed by atoms with van der Waals surface area (Å²) in [5.74, 6) is -2.18. The van der Waals surface area contributed by atoms with Gasteiger partial charge in [0.15, 0.2) is 5.78 Å². The Kier molecular flexibility index (Phi) is 3.53. The molecule has 2 bridgehead atoms. The molecule has 0 saturated heterocycles. The summed E-state index contributed by atoms with van der Waals surface area (Å²) in [6.45, 7) is 2.24. The number of carbonyl (C=O) groups is 2. The molecule has 1 aliphatic heterocycles. The van der Waals surface area contributed by atoms with E-state index in [-0.39, 0.29) is 4.31 Å². The van der Waals surface area contributed by atoms with Gasteiger partial charge >= 0.3 is 15.5 Å². The lowest BCUT2D eigenvalue weighted by molar-refractivity contribution is -0.131. The summed E-state index contributed by atoms with van der Waals surface area (Å²) in [6, 6.07) is -1.23. The second-order valence-corrected chi connectivity index (χ2v) is 8.31. The Morgan fingerprint density at radius 2 is 1.83 bits per heavy atom. The lowest BCUT2D eigenvalue weighted by Crippen LogP contribution is -2.59. The molecule has 24 heavy (non-hydrogen) atoms. The first kappa shape index (κ1) is 17.2. The topological polar surface area (TPSA) is 71.5 Å². The van der Waals surface area contributed by atoms with Crippen LogP contribution in [0.3, 0.4) is 0 Å². The summed E-state index contributed by atoms with van der Waals surface area (Å²) in [5.41, 5.74) is -7.51. The zero-order valence-electron chi connectivity index (χ0n) is 13.0. The minimum Gasteiger partial charge on any atom is -0.299 e. The van der Waals surface area contributed by atoms with Gasteiger partial charge in [-0.2, -0.15) is 21.6 Å². The molecule has 4 rings (SSSR count). The van der Waals surface area contributed by atoms with Gasteiger partial charge in [0.2, 0.25) is 0 Å². The van der Waals surface area contributed by atoms with E-state index in [1.54, 1.807) is 12.2 Å². The molecule has 4 aliphatic rings. The maximum absolute atomic E-state index is 13.2. The van der Waals surface area contributed by atoms with Crippen LogP contribution in [0.15, 0.2) is 23.9 Å². The van der Waals surface area contributed by atoms with Crippen molar-refractivity contribution in [3.8, 4) is 0 Å². The minimum atomic E-state index is -5.78. The average Bonchev–Trinajstić information content (AvgIpc) is 2.87. The Bertz CT molecular complexity index is 783. The van der Waals surface area contributed by atoms with Crippen LogP contribution in [0.5, 0.6) is 0 Å². The fourth-order valence-electron chi connectivity index (χ4n) is 4.29. The predicted molar refractivity (Wildman–Crippen MR) is 77.8 cm³/mol. The summed E-state index contributed by atoms with van der Waals surface area (Å²) in [4.78, 5) is 24.3. The van der Waals surface area contributed by atoms with E-state index in [1.807, 2.05) is 0 Å². The van der Waals surface area contributed by atoms with Crippen LogP contribution in [0, 0.1) is 17.3 Å². The molecule has 0 radical (unpaired) electrons. The van der Waals surface area contributed by atoms with Crippen molar-refractivity contribution < 1.29 is 31.2 Å². The van der Waals surface area contributed by atoms with Gasteiger partial charge < -0.3 is 0 Å². The van der Waals surface area contributed by atoms with Crippen molar-refractivity contribution in [3.05, 3.63) is 23.9 Å². The summed E-state index contributed by atoms with van der Waals surface area (Å²) in [6.07, 6.45) is 5.62. The van der Waals surface area contributed by atoms with Crippen molar-refractivity contribution in [2.45, 2.75) is 38.2 Å². The summed E-state index contributed by atoms with van der Waals surface area (Å²) < 4.78 is 64.0. The first-order valence-corrected chi connectivity index (χ1v) is 8.92. The molecule has 4 atom stereocenters.